The quantitative estimate of drug-likeness (QED) is 0.116. The van der Waals surface area contributed by atoms with E-state index >= 15 is 0 Å². The zero-order valence-electron chi connectivity index (χ0n) is 26.5. The average Bonchev–Trinajstić information content (AvgIpc) is 3.09. The van der Waals surface area contributed by atoms with Gasteiger partial charge in [0.05, 0.1) is 0 Å². The zero-order valence-corrected chi connectivity index (χ0v) is 26.5. The lowest BCUT2D eigenvalue weighted by molar-refractivity contribution is -0.134. The summed E-state index contributed by atoms with van der Waals surface area (Å²) in [5.74, 6) is -1.92. The standard InChI is InChI=1S/C36H33N3O9/c1-4-31(40)46-28-13-7-22(8-14-28)34(43)38-26-19-24(36(45)37-25-11-17-30(18-12-25)48-33(42)6-3)20-27(21-26)39-35(44)23-9-15-29(16-10-23)47-32(41)5-2/h7-21H,4-6H2,1-3H3,(H,37,45)(H,38,43)(H,39,44). The Morgan fingerprint density at radius 1 is 0.417 bits per heavy atom. The Balaban J connectivity index is 1.56. The van der Waals surface area contributed by atoms with Crippen molar-refractivity contribution in [3.05, 3.63) is 108 Å². The molecule has 3 amide bonds. The van der Waals surface area contributed by atoms with Gasteiger partial charge in [0.15, 0.2) is 0 Å². The van der Waals surface area contributed by atoms with Crippen LogP contribution < -0.4 is 30.2 Å². The second kappa shape index (κ2) is 16.3. The summed E-state index contributed by atoms with van der Waals surface area (Å²) in [7, 11) is 0. The second-order valence-corrected chi connectivity index (χ2v) is 10.2. The number of esters is 3. The summed E-state index contributed by atoms with van der Waals surface area (Å²) in [6, 6.07) is 22.4. The summed E-state index contributed by atoms with van der Waals surface area (Å²) in [5, 5.41) is 8.20. The molecule has 0 atom stereocenters. The minimum absolute atomic E-state index is 0.105. The van der Waals surface area contributed by atoms with Gasteiger partial charge in [0.25, 0.3) is 17.7 Å². The monoisotopic (exact) mass is 651 g/mol. The molecule has 0 saturated carbocycles. The first-order valence-corrected chi connectivity index (χ1v) is 15.1. The fourth-order valence-electron chi connectivity index (χ4n) is 4.08. The fraction of sp³-hybridized carbons (Fsp3) is 0.167. The Morgan fingerprint density at radius 3 is 1.08 bits per heavy atom. The fourth-order valence-corrected chi connectivity index (χ4v) is 4.08. The Labute approximate surface area is 276 Å². The summed E-state index contributed by atoms with van der Waals surface area (Å²) >= 11 is 0. The number of amides is 3. The molecule has 12 nitrogen and oxygen atoms in total. The van der Waals surface area contributed by atoms with Crippen LogP contribution in [-0.4, -0.2) is 35.6 Å². The van der Waals surface area contributed by atoms with Crippen LogP contribution in [0, 0.1) is 0 Å². The van der Waals surface area contributed by atoms with Gasteiger partial charge in [-0.15, -0.1) is 0 Å². The molecular weight excluding hydrogens is 618 g/mol. The molecule has 0 aromatic heterocycles. The number of anilines is 3. The van der Waals surface area contributed by atoms with Gasteiger partial charge in [-0.1, -0.05) is 20.8 Å². The number of hydrogen-bond acceptors (Lipinski definition) is 9. The molecule has 4 aromatic carbocycles. The van der Waals surface area contributed by atoms with Crippen LogP contribution in [0.15, 0.2) is 91.0 Å². The van der Waals surface area contributed by atoms with Crippen molar-refractivity contribution in [2.75, 3.05) is 16.0 Å². The van der Waals surface area contributed by atoms with Gasteiger partial charge in [0.2, 0.25) is 0 Å². The number of nitrogens with one attached hydrogen (secondary N) is 3. The molecule has 3 N–H and O–H groups in total. The molecule has 0 fully saturated rings. The predicted octanol–water partition coefficient (Wildman–Crippen LogP) is 6.39. The van der Waals surface area contributed by atoms with Crippen LogP contribution in [0.4, 0.5) is 17.1 Å². The van der Waals surface area contributed by atoms with Gasteiger partial charge < -0.3 is 30.2 Å². The summed E-state index contributed by atoms with van der Waals surface area (Å²) in [5.41, 5.74) is 1.41. The number of carbonyl (C=O) groups excluding carboxylic acids is 6. The largest absolute Gasteiger partial charge is 0.427 e. The molecule has 246 valence electrons. The maximum absolute atomic E-state index is 13.3. The van der Waals surface area contributed by atoms with Crippen molar-refractivity contribution in [1.29, 1.82) is 0 Å². The van der Waals surface area contributed by atoms with Crippen molar-refractivity contribution in [3.63, 3.8) is 0 Å². The van der Waals surface area contributed by atoms with E-state index in [1.54, 1.807) is 32.9 Å². The predicted molar refractivity (Wildman–Crippen MR) is 177 cm³/mol. The second-order valence-electron chi connectivity index (χ2n) is 10.2. The molecule has 0 bridgehead atoms. The third kappa shape index (κ3) is 9.85. The first kappa shape index (κ1) is 34.6. The van der Waals surface area contributed by atoms with Crippen LogP contribution in [0.5, 0.6) is 17.2 Å². The van der Waals surface area contributed by atoms with Gasteiger partial charge in [-0.2, -0.15) is 0 Å². The van der Waals surface area contributed by atoms with Gasteiger partial charge in [0.1, 0.15) is 17.2 Å². The van der Waals surface area contributed by atoms with Crippen LogP contribution in [-0.2, 0) is 14.4 Å². The minimum atomic E-state index is -0.552. The average molecular weight is 652 g/mol. The highest BCUT2D eigenvalue weighted by molar-refractivity contribution is 6.10. The van der Waals surface area contributed by atoms with Gasteiger partial charge in [-0.3, -0.25) is 28.8 Å². The molecule has 4 rings (SSSR count). The van der Waals surface area contributed by atoms with E-state index in [0.717, 1.165) is 0 Å². The maximum Gasteiger partial charge on any atom is 0.310 e. The van der Waals surface area contributed by atoms with E-state index in [1.165, 1.54) is 78.9 Å². The SMILES string of the molecule is CCC(=O)Oc1ccc(NC(=O)c2cc(NC(=O)c3ccc(OC(=O)CC)cc3)cc(NC(=O)c3ccc(OC(=O)CC)cc3)c2)cc1. The zero-order chi connectivity index (χ0) is 34.6. The van der Waals surface area contributed by atoms with Crippen LogP contribution in [0.2, 0.25) is 0 Å². The lowest BCUT2D eigenvalue weighted by atomic mass is 10.1. The highest BCUT2D eigenvalue weighted by Crippen LogP contribution is 2.24. The molecular formula is C36H33N3O9. The third-order valence-corrected chi connectivity index (χ3v) is 6.62. The minimum Gasteiger partial charge on any atom is -0.427 e. The van der Waals surface area contributed by atoms with Crippen molar-refractivity contribution in [2.45, 2.75) is 40.0 Å². The van der Waals surface area contributed by atoms with Crippen molar-refractivity contribution < 1.29 is 43.0 Å². The van der Waals surface area contributed by atoms with E-state index in [1.807, 2.05) is 0 Å². The molecule has 0 radical (unpaired) electrons. The molecule has 48 heavy (non-hydrogen) atoms. The molecule has 12 heteroatoms. The summed E-state index contributed by atoms with van der Waals surface area (Å²) in [4.78, 5) is 74.3. The molecule has 0 heterocycles. The third-order valence-electron chi connectivity index (χ3n) is 6.62. The number of benzene rings is 4. The molecule has 0 spiro atoms. The highest BCUT2D eigenvalue weighted by Gasteiger charge is 2.16. The lowest BCUT2D eigenvalue weighted by Crippen LogP contribution is -2.17. The van der Waals surface area contributed by atoms with E-state index in [2.05, 4.69) is 16.0 Å². The number of hydrogen-bond donors (Lipinski definition) is 3. The van der Waals surface area contributed by atoms with E-state index in [0.29, 0.717) is 11.4 Å². The van der Waals surface area contributed by atoms with Gasteiger partial charge in [0, 0.05) is 53.0 Å². The van der Waals surface area contributed by atoms with Crippen molar-refractivity contribution in [1.82, 2.24) is 0 Å². The Kier molecular flexibility index (Phi) is 11.8. The van der Waals surface area contributed by atoms with Gasteiger partial charge in [-0.25, -0.2) is 0 Å². The number of carbonyl (C=O) groups is 6. The topological polar surface area (TPSA) is 166 Å². The van der Waals surface area contributed by atoms with Crippen molar-refractivity contribution in [3.8, 4) is 17.2 Å². The van der Waals surface area contributed by atoms with E-state index in [9.17, 15) is 28.8 Å². The van der Waals surface area contributed by atoms with Crippen LogP contribution >= 0.6 is 0 Å². The molecule has 0 aliphatic rings. The molecule has 4 aromatic rings. The number of rotatable bonds is 12. The van der Waals surface area contributed by atoms with E-state index in [-0.39, 0.29) is 58.8 Å². The van der Waals surface area contributed by atoms with Crippen molar-refractivity contribution >= 4 is 52.7 Å². The van der Waals surface area contributed by atoms with E-state index in [4.69, 9.17) is 14.2 Å². The molecule has 0 saturated heterocycles. The Morgan fingerprint density at radius 2 is 0.729 bits per heavy atom. The normalized spacial score (nSPS) is 10.3. The molecule has 0 aliphatic heterocycles. The van der Waals surface area contributed by atoms with Crippen LogP contribution in [0.3, 0.4) is 0 Å². The smallest absolute Gasteiger partial charge is 0.310 e. The molecule has 0 aliphatic carbocycles. The van der Waals surface area contributed by atoms with Crippen LogP contribution in [0.25, 0.3) is 0 Å². The van der Waals surface area contributed by atoms with Crippen molar-refractivity contribution in [2.24, 2.45) is 0 Å². The summed E-state index contributed by atoms with van der Waals surface area (Å²) in [6.45, 7) is 5.01. The number of ether oxygens (including phenoxy) is 3. The maximum atomic E-state index is 13.3. The van der Waals surface area contributed by atoms with Gasteiger partial charge in [-0.05, 0) is 91.0 Å². The highest BCUT2D eigenvalue weighted by atomic mass is 16.5. The molecule has 0 unspecified atom stereocenters. The summed E-state index contributed by atoms with van der Waals surface area (Å²) < 4.78 is 15.5. The summed E-state index contributed by atoms with van der Waals surface area (Å²) in [6.07, 6.45) is 0.610. The van der Waals surface area contributed by atoms with Gasteiger partial charge >= 0.3 is 17.9 Å². The lowest BCUT2D eigenvalue weighted by Gasteiger charge is -2.13. The first-order valence-electron chi connectivity index (χ1n) is 15.1. The first-order chi connectivity index (χ1) is 23.1. The van der Waals surface area contributed by atoms with Crippen LogP contribution in [0.1, 0.15) is 71.1 Å². The van der Waals surface area contributed by atoms with E-state index < -0.39 is 35.6 Å². The Hall–Kier alpha value is -6.30. The Bertz CT molecular complexity index is 1720.